The molecule has 18 heavy (non-hydrogen) atoms. The zero-order chi connectivity index (χ0) is 13.1. The first kappa shape index (κ1) is 12.4. The number of aromatic carboxylic acids is 1. The summed E-state index contributed by atoms with van der Waals surface area (Å²) in [7, 11) is 0. The topological polar surface area (TPSA) is 63.3 Å². The minimum absolute atomic E-state index is 0.0612. The fraction of sp³-hybridized carbons (Fsp3) is 0.286. The quantitative estimate of drug-likeness (QED) is 0.899. The largest absolute Gasteiger partial charge is 0.475 e. The van der Waals surface area contributed by atoms with Gasteiger partial charge in [-0.1, -0.05) is 29.8 Å². The molecule has 2 rings (SSSR count). The number of nitrogens with zero attached hydrogens (tertiary/aromatic N) is 1. The molecule has 2 aromatic rings. The molecule has 0 saturated heterocycles. The van der Waals surface area contributed by atoms with Crippen molar-refractivity contribution < 1.29 is 14.3 Å². The van der Waals surface area contributed by atoms with Crippen molar-refractivity contribution >= 4 is 5.97 Å². The van der Waals surface area contributed by atoms with Crippen LogP contribution in [-0.2, 0) is 12.8 Å². The molecule has 1 aromatic carbocycles. The van der Waals surface area contributed by atoms with E-state index in [9.17, 15) is 4.79 Å². The number of hydrogen-bond acceptors (Lipinski definition) is 3. The Kier molecular flexibility index (Phi) is 3.46. The smallest absolute Gasteiger partial charge is 0.373 e. The van der Waals surface area contributed by atoms with Crippen molar-refractivity contribution in [1.29, 1.82) is 0 Å². The van der Waals surface area contributed by atoms with Crippen LogP contribution in [0.3, 0.4) is 0 Å². The minimum atomic E-state index is -1.07. The molecule has 0 aliphatic rings. The van der Waals surface area contributed by atoms with Crippen LogP contribution in [0.4, 0.5) is 0 Å². The van der Waals surface area contributed by atoms with Gasteiger partial charge < -0.3 is 9.52 Å². The van der Waals surface area contributed by atoms with Gasteiger partial charge in [0.25, 0.3) is 0 Å². The lowest BCUT2D eigenvalue weighted by Gasteiger charge is -1.99. The summed E-state index contributed by atoms with van der Waals surface area (Å²) < 4.78 is 5.21. The molecule has 0 spiro atoms. The Bertz CT molecular complexity index is 555. The molecular weight excluding hydrogens is 230 g/mol. The van der Waals surface area contributed by atoms with E-state index in [-0.39, 0.29) is 5.76 Å². The average Bonchev–Trinajstić information content (AvgIpc) is 2.70. The number of benzene rings is 1. The van der Waals surface area contributed by atoms with E-state index in [1.54, 1.807) is 6.92 Å². The number of rotatable bonds is 4. The molecule has 1 aromatic heterocycles. The van der Waals surface area contributed by atoms with Gasteiger partial charge in [0.15, 0.2) is 5.89 Å². The molecule has 0 aliphatic carbocycles. The molecule has 0 unspecified atom stereocenters. The first-order valence-corrected chi connectivity index (χ1v) is 5.81. The summed E-state index contributed by atoms with van der Waals surface area (Å²) >= 11 is 0. The van der Waals surface area contributed by atoms with Gasteiger partial charge in [0.1, 0.15) is 0 Å². The third kappa shape index (κ3) is 2.77. The molecule has 94 valence electrons. The lowest BCUT2D eigenvalue weighted by Crippen LogP contribution is -1.95. The number of carboxylic acid groups (broad SMARTS) is 1. The molecule has 0 radical (unpaired) electrons. The lowest BCUT2D eigenvalue weighted by molar-refractivity contribution is 0.0659. The Hall–Kier alpha value is -2.10. The van der Waals surface area contributed by atoms with Crippen LogP contribution in [0.25, 0.3) is 0 Å². The molecule has 0 atom stereocenters. The predicted molar refractivity (Wildman–Crippen MR) is 66.8 cm³/mol. The first-order valence-electron chi connectivity index (χ1n) is 5.81. The summed E-state index contributed by atoms with van der Waals surface area (Å²) in [5.74, 6) is -0.652. The van der Waals surface area contributed by atoms with Gasteiger partial charge in [0.05, 0.1) is 5.69 Å². The second-order valence-electron chi connectivity index (χ2n) is 4.31. The van der Waals surface area contributed by atoms with Crippen molar-refractivity contribution in [2.24, 2.45) is 0 Å². The Morgan fingerprint density at radius 1 is 1.22 bits per heavy atom. The Balaban J connectivity index is 2.04. The van der Waals surface area contributed by atoms with Crippen molar-refractivity contribution in [3.8, 4) is 0 Å². The zero-order valence-corrected chi connectivity index (χ0v) is 10.4. The van der Waals surface area contributed by atoms with E-state index in [1.807, 2.05) is 6.92 Å². The van der Waals surface area contributed by atoms with Crippen molar-refractivity contribution in [2.75, 3.05) is 0 Å². The standard InChI is InChI=1S/C14H15NO3/c1-9-3-5-11(6-4-9)7-8-12-15-10(2)13(18-12)14(16)17/h3-6H,7-8H2,1-2H3,(H,16,17). The summed E-state index contributed by atoms with van der Waals surface area (Å²) in [5.41, 5.74) is 2.84. The number of carbonyl (C=O) groups is 1. The van der Waals surface area contributed by atoms with E-state index in [4.69, 9.17) is 9.52 Å². The Morgan fingerprint density at radius 2 is 1.89 bits per heavy atom. The van der Waals surface area contributed by atoms with Gasteiger partial charge in [0, 0.05) is 6.42 Å². The second kappa shape index (κ2) is 5.04. The molecular formula is C14H15NO3. The Morgan fingerprint density at radius 3 is 2.44 bits per heavy atom. The molecule has 1 N–H and O–H groups in total. The Labute approximate surface area is 105 Å². The van der Waals surface area contributed by atoms with E-state index in [2.05, 4.69) is 29.2 Å². The fourth-order valence-electron chi connectivity index (χ4n) is 1.76. The third-order valence-electron chi connectivity index (χ3n) is 2.78. The summed E-state index contributed by atoms with van der Waals surface area (Å²) in [6, 6.07) is 8.23. The van der Waals surface area contributed by atoms with Gasteiger partial charge >= 0.3 is 5.97 Å². The SMILES string of the molecule is Cc1ccc(CCc2nc(C)c(C(=O)O)o2)cc1. The molecule has 0 bridgehead atoms. The highest BCUT2D eigenvalue weighted by Gasteiger charge is 2.15. The van der Waals surface area contributed by atoms with Crippen LogP contribution < -0.4 is 0 Å². The van der Waals surface area contributed by atoms with Crippen molar-refractivity contribution in [3.63, 3.8) is 0 Å². The van der Waals surface area contributed by atoms with E-state index >= 15 is 0 Å². The summed E-state index contributed by atoms with van der Waals surface area (Å²) in [6.07, 6.45) is 1.40. The zero-order valence-electron chi connectivity index (χ0n) is 10.4. The molecule has 0 aliphatic heterocycles. The van der Waals surface area contributed by atoms with E-state index in [1.165, 1.54) is 11.1 Å². The summed E-state index contributed by atoms with van der Waals surface area (Å²) in [6.45, 7) is 3.68. The lowest BCUT2D eigenvalue weighted by atomic mass is 10.1. The number of oxazole rings is 1. The van der Waals surface area contributed by atoms with Crippen LogP contribution in [-0.4, -0.2) is 16.1 Å². The van der Waals surface area contributed by atoms with E-state index in [0.29, 0.717) is 18.0 Å². The van der Waals surface area contributed by atoms with Crippen molar-refractivity contribution in [1.82, 2.24) is 4.98 Å². The molecule has 4 nitrogen and oxygen atoms in total. The average molecular weight is 245 g/mol. The van der Waals surface area contributed by atoms with E-state index in [0.717, 1.165) is 6.42 Å². The predicted octanol–water partition coefficient (Wildman–Crippen LogP) is 2.77. The molecule has 0 amide bonds. The number of aryl methyl sites for hydroxylation is 4. The number of carboxylic acids is 1. The van der Waals surface area contributed by atoms with Gasteiger partial charge in [-0.25, -0.2) is 9.78 Å². The summed E-state index contributed by atoms with van der Waals surface area (Å²) in [5, 5.41) is 8.86. The molecule has 4 heteroatoms. The normalized spacial score (nSPS) is 10.6. The first-order chi connectivity index (χ1) is 8.56. The van der Waals surface area contributed by atoms with Gasteiger partial charge in [-0.2, -0.15) is 0 Å². The van der Waals surface area contributed by atoms with Crippen LogP contribution in [0.15, 0.2) is 28.7 Å². The van der Waals surface area contributed by atoms with Gasteiger partial charge in [-0.3, -0.25) is 0 Å². The highest BCUT2D eigenvalue weighted by molar-refractivity contribution is 5.85. The molecule has 0 saturated carbocycles. The van der Waals surface area contributed by atoms with Gasteiger partial charge in [-0.15, -0.1) is 0 Å². The van der Waals surface area contributed by atoms with E-state index < -0.39 is 5.97 Å². The highest BCUT2D eigenvalue weighted by Crippen LogP contribution is 2.13. The highest BCUT2D eigenvalue weighted by atomic mass is 16.4. The van der Waals surface area contributed by atoms with Gasteiger partial charge in [-0.05, 0) is 25.8 Å². The van der Waals surface area contributed by atoms with Crippen molar-refractivity contribution in [3.05, 3.63) is 52.7 Å². The van der Waals surface area contributed by atoms with Crippen LogP contribution in [0.5, 0.6) is 0 Å². The molecule has 1 heterocycles. The number of hydrogen-bond donors (Lipinski definition) is 1. The maximum Gasteiger partial charge on any atom is 0.373 e. The van der Waals surface area contributed by atoms with Crippen molar-refractivity contribution in [2.45, 2.75) is 26.7 Å². The maximum atomic E-state index is 10.8. The van der Waals surface area contributed by atoms with Crippen LogP contribution >= 0.6 is 0 Å². The van der Waals surface area contributed by atoms with Crippen LogP contribution in [0, 0.1) is 13.8 Å². The van der Waals surface area contributed by atoms with Gasteiger partial charge in [0.2, 0.25) is 5.76 Å². The third-order valence-corrected chi connectivity index (χ3v) is 2.78. The molecule has 0 fully saturated rings. The van der Waals surface area contributed by atoms with Crippen LogP contribution in [0.1, 0.15) is 33.3 Å². The maximum absolute atomic E-state index is 10.8. The van der Waals surface area contributed by atoms with Crippen LogP contribution in [0.2, 0.25) is 0 Å². The second-order valence-corrected chi connectivity index (χ2v) is 4.31. The number of aromatic nitrogens is 1. The fourth-order valence-corrected chi connectivity index (χ4v) is 1.76. The monoisotopic (exact) mass is 245 g/mol. The summed E-state index contributed by atoms with van der Waals surface area (Å²) in [4.78, 5) is 14.9. The minimum Gasteiger partial charge on any atom is -0.475 e.